The van der Waals surface area contributed by atoms with E-state index in [0.717, 1.165) is 5.69 Å². The van der Waals surface area contributed by atoms with Crippen LogP contribution in [0.15, 0.2) is 36.4 Å². The number of aryl methyl sites for hydroxylation is 1. The van der Waals surface area contributed by atoms with Gasteiger partial charge in [0.05, 0.1) is 23.1 Å². The highest BCUT2D eigenvalue weighted by atomic mass is 19.4. The third kappa shape index (κ3) is 4.90. The van der Waals surface area contributed by atoms with E-state index >= 15 is 0 Å². The number of amides is 1. The van der Waals surface area contributed by atoms with Crippen molar-refractivity contribution in [1.29, 1.82) is 0 Å². The summed E-state index contributed by atoms with van der Waals surface area (Å²) in [4.78, 5) is 17.8. The molecule has 0 bridgehead atoms. The molecular formula is C19H19F4N3O2. The summed E-state index contributed by atoms with van der Waals surface area (Å²) < 4.78 is 54.2. The zero-order chi connectivity index (χ0) is 20.3. The molecule has 0 fully saturated rings. The van der Waals surface area contributed by atoms with Crippen molar-refractivity contribution in [2.75, 3.05) is 23.4 Å². The van der Waals surface area contributed by atoms with Gasteiger partial charge in [0.1, 0.15) is 5.82 Å². The molecule has 1 aliphatic rings. The van der Waals surface area contributed by atoms with Crippen LogP contribution >= 0.6 is 0 Å². The summed E-state index contributed by atoms with van der Waals surface area (Å²) in [5.41, 5.74) is 2.51. The maximum absolute atomic E-state index is 13.0. The first kappa shape index (κ1) is 19.9. The highest BCUT2D eigenvalue weighted by Gasteiger charge is 2.32. The average Bonchev–Trinajstić information content (AvgIpc) is 2.66. The zero-order valence-corrected chi connectivity index (χ0v) is 15.1. The van der Waals surface area contributed by atoms with Crippen LogP contribution in [0.3, 0.4) is 0 Å². The molecule has 2 aromatic rings. The van der Waals surface area contributed by atoms with E-state index in [4.69, 9.17) is 0 Å². The van der Waals surface area contributed by atoms with E-state index < -0.39 is 18.9 Å². The fourth-order valence-corrected chi connectivity index (χ4v) is 2.99. The number of halogens is 4. The highest BCUT2D eigenvalue weighted by Crippen LogP contribution is 2.29. The number of aromatic nitrogens is 1. The summed E-state index contributed by atoms with van der Waals surface area (Å²) in [5.74, 6) is -0.331. The van der Waals surface area contributed by atoms with Crippen molar-refractivity contribution in [3.8, 4) is 0 Å². The van der Waals surface area contributed by atoms with Gasteiger partial charge >= 0.3 is 12.3 Å². The number of pyridine rings is 1. The number of hydrogen-bond acceptors (Lipinski definition) is 4. The molecule has 0 aliphatic carbocycles. The van der Waals surface area contributed by atoms with Gasteiger partial charge in [-0.1, -0.05) is 0 Å². The molecule has 5 nitrogen and oxygen atoms in total. The summed E-state index contributed by atoms with van der Waals surface area (Å²) in [6.07, 6.45) is -4.43. The Balaban J connectivity index is 1.73. The molecule has 0 spiro atoms. The molecular weight excluding hydrogens is 378 g/mol. The van der Waals surface area contributed by atoms with E-state index in [1.165, 1.54) is 17.0 Å². The monoisotopic (exact) mass is 397 g/mol. The second kappa shape index (κ2) is 8.04. The van der Waals surface area contributed by atoms with E-state index in [1.807, 2.05) is 6.92 Å². The van der Waals surface area contributed by atoms with Gasteiger partial charge in [0.15, 0.2) is 6.61 Å². The second-order valence-corrected chi connectivity index (χ2v) is 6.50. The topological polar surface area (TPSA) is 54.5 Å². The lowest BCUT2D eigenvalue weighted by Gasteiger charge is -2.29. The lowest BCUT2D eigenvalue weighted by Crippen LogP contribution is -2.38. The summed E-state index contributed by atoms with van der Waals surface area (Å²) in [5, 5.41) is 3.20. The maximum Gasteiger partial charge on any atom is 0.422 e. The van der Waals surface area contributed by atoms with Gasteiger partial charge in [-0.3, -0.25) is 9.88 Å². The van der Waals surface area contributed by atoms with E-state index in [1.54, 1.807) is 24.3 Å². The maximum atomic E-state index is 13.0. The Morgan fingerprint density at radius 1 is 1.25 bits per heavy atom. The largest absolute Gasteiger partial charge is 0.439 e. The summed E-state index contributed by atoms with van der Waals surface area (Å²) in [6, 6.07) is 9.10. The van der Waals surface area contributed by atoms with Crippen molar-refractivity contribution >= 4 is 17.5 Å². The van der Waals surface area contributed by atoms with Crippen LogP contribution in [-0.2, 0) is 11.2 Å². The smallest absolute Gasteiger partial charge is 0.422 e. The van der Waals surface area contributed by atoms with Crippen molar-refractivity contribution < 1.29 is 27.1 Å². The van der Waals surface area contributed by atoms with Crippen molar-refractivity contribution in [2.45, 2.75) is 32.0 Å². The number of rotatable bonds is 4. The van der Waals surface area contributed by atoms with Gasteiger partial charge in [-0.15, -0.1) is 0 Å². The molecule has 28 heavy (non-hydrogen) atoms. The number of nitrogens with one attached hydrogen (secondary N) is 1. The van der Waals surface area contributed by atoms with Crippen molar-refractivity contribution in [3.05, 3.63) is 53.6 Å². The molecule has 3 rings (SSSR count). The summed E-state index contributed by atoms with van der Waals surface area (Å²) in [7, 11) is 0. The van der Waals surface area contributed by atoms with Crippen LogP contribution in [0.1, 0.15) is 30.8 Å². The first-order valence-corrected chi connectivity index (χ1v) is 8.76. The molecule has 1 aromatic heterocycles. The summed E-state index contributed by atoms with van der Waals surface area (Å²) >= 11 is 0. The Kier molecular flexibility index (Phi) is 5.71. The third-order valence-electron chi connectivity index (χ3n) is 4.31. The first-order chi connectivity index (χ1) is 13.2. The third-order valence-corrected chi connectivity index (χ3v) is 4.31. The zero-order valence-electron chi connectivity index (χ0n) is 15.1. The molecule has 9 heteroatoms. The molecule has 1 amide bonds. The van der Waals surface area contributed by atoms with Gasteiger partial charge < -0.3 is 10.1 Å². The van der Waals surface area contributed by atoms with Crippen LogP contribution in [0.5, 0.6) is 0 Å². The van der Waals surface area contributed by atoms with Gasteiger partial charge in [-0.25, -0.2) is 9.18 Å². The molecule has 0 saturated carbocycles. The summed E-state index contributed by atoms with van der Waals surface area (Å²) in [6.45, 7) is 0.534. The molecule has 1 aliphatic heterocycles. The Labute approximate surface area is 159 Å². The Hall–Kier alpha value is -2.84. The van der Waals surface area contributed by atoms with Crippen LogP contribution in [0.2, 0.25) is 0 Å². The number of benzene rings is 1. The first-order valence-electron chi connectivity index (χ1n) is 8.76. The SMILES string of the molecule is CC(Nc1ccc(F)cc1)c1ccc2c(n1)CCCN2C(=O)OCC(F)(F)F. The van der Waals surface area contributed by atoms with Gasteiger partial charge in [-0.2, -0.15) is 13.2 Å². The van der Waals surface area contributed by atoms with Crippen molar-refractivity contribution in [1.82, 2.24) is 4.98 Å². The minimum atomic E-state index is -4.57. The number of anilines is 2. The lowest BCUT2D eigenvalue weighted by molar-refractivity contribution is -0.159. The van der Waals surface area contributed by atoms with Crippen molar-refractivity contribution in [2.24, 2.45) is 0 Å². The van der Waals surface area contributed by atoms with Crippen LogP contribution in [0, 0.1) is 5.82 Å². The minimum Gasteiger partial charge on any atom is -0.439 e. The fourth-order valence-electron chi connectivity index (χ4n) is 2.99. The minimum absolute atomic E-state index is 0.191. The van der Waals surface area contributed by atoms with E-state index in [-0.39, 0.29) is 18.4 Å². The quantitative estimate of drug-likeness (QED) is 0.750. The van der Waals surface area contributed by atoms with Crippen LogP contribution < -0.4 is 10.2 Å². The van der Waals surface area contributed by atoms with Gasteiger partial charge in [0, 0.05) is 12.2 Å². The number of ether oxygens (including phenoxy) is 1. The van der Waals surface area contributed by atoms with Gasteiger partial charge in [-0.05, 0) is 56.2 Å². The Morgan fingerprint density at radius 3 is 2.64 bits per heavy atom. The molecule has 1 aromatic carbocycles. The molecule has 1 N–H and O–H groups in total. The van der Waals surface area contributed by atoms with Crippen LogP contribution in [-0.4, -0.2) is 30.4 Å². The molecule has 0 saturated heterocycles. The number of nitrogens with zero attached hydrogens (tertiary/aromatic N) is 2. The molecule has 2 heterocycles. The predicted molar refractivity (Wildman–Crippen MR) is 95.7 cm³/mol. The van der Waals surface area contributed by atoms with Crippen molar-refractivity contribution in [3.63, 3.8) is 0 Å². The molecule has 1 unspecified atom stereocenters. The van der Waals surface area contributed by atoms with Gasteiger partial charge in [0.25, 0.3) is 0 Å². The molecule has 150 valence electrons. The van der Waals surface area contributed by atoms with Crippen LogP contribution in [0.25, 0.3) is 0 Å². The fraction of sp³-hybridized carbons (Fsp3) is 0.368. The lowest BCUT2D eigenvalue weighted by atomic mass is 10.1. The Morgan fingerprint density at radius 2 is 1.96 bits per heavy atom. The Bertz CT molecular complexity index is 840. The molecule has 0 radical (unpaired) electrons. The number of fused-ring (bicyclic) bond motifs is 1. The number of hydrogen-bond donors (Lipinski definition) is 1. The van der Waals surface area contributed by atoms with Crippen LogP contribution in [0.4, 0.5) is 33.7 Å². The van der Waals surface area contributed by atoms with Gasteiger partial charge in [0.2, 0.25) is 0 Å². The predicted octanol–water partition coefficient (Wildman–Crippen LogP) is 4.85. The number of carbonyl (C=O) groups is 1. The molecule has 1 atom stereocenters. The van der Waals surface area contributed by atoms with E-state index in [2.05, 4.69) is 15.0 Å². The van der Waals surface area contributed by atoms with E-state index in [0.29, 0.717) is 29.9 Å². The highest BCUT2D eigenvalue weighted by molar-refractivity contribution is 5.88. The normalized spacial score (nSPS) is 15.0. The second-order valence-electron chi connectivity index (χ2n) is 6.50. The van der Waals surface area contributed by atoms with E-state index in [9.17, 15) is 22.4 Å². The number of carbonyl (C=O) groups excluding carboxylic acids is 1. The number of alkyl halides is 3. The average molecular weight is 397 g/mol. The standard InChI is InChI=1S/C19H19F4N3O2/c1-12(24-14-6-4-13(20)5-7-14)15-8-9-17-16(25-15)3-2-10-26(17)18(27)28-11-19(21,22)23/h4-9,12,24H,2-3,10-11H2,1H3.